The summed E-state index contributed by atoms with van der Waals surface area (Å²) in [5.74, 6) is 0.636. The molecule has 0 aromatic rings. The Morgan fingerprint density at radius 1 is 1.35 bits per heavy atom. The standard InChI is InChI=1S/C15H27NO4/c1-10(2)19-9-13(17)14-12(16-15(18)20-14)8-11-6-4-3-5-7-11/h10-14,17H,3-9H2,1-2H3,(H,16,18)/t12-,13+,14+/m0/s1. The largest absolute Gasteiger partial charge is 0.441 e. The van der Waals surface area contributed by atoms with E-state index < -0.39 is 18.3 Å². The molecule has 0 spiro atoms. The van der Waals surface area contributed by atoms with Crippen LogP contribution in [0.4, 0.5) is 4.79 Å². The van der Waals surface area contributed by atoms with E-state index >= 15 is 0 Å². The molecule has 5 heteroatoms. The lowest BCUT2D eigenvalue weighted by molar-refractivity contribution is -0.0525. The number of amides is 1. The number of alkyl carbamates (subject to hydrolysis) is 1. The Bertz CT molecular complexity index is 315. The molecule has 1 aliphatic carbocycles. The van der Waals surface area contributed by atoms with Crippen LogP contribution in [0.5, 0.6) is 0 Å². The molecule has 0 aromatic carbocycles. The molecule has 1 amide bonds. The lowest BCUT2D eigenvalue weighted by atomic mass is 9.83. The van der Waals surface area contributed by atoms with Crippen molar-refractivity contribution in [2.45, 2.75) is 76.7 Å². The first-order chi connectivity index (χ1) is 9.56. The van der Waals surface area contributed by atoms with Crippen LogP contribution >= 0.6 is 0 Å². The molecule has 2 fully saturated rings. The van der Waals surface area contributed by atoms with Gasteiger partial charge in [-0.25, -0.2) is 4.79 Å². The summed E-state index contributed by atoms with van der Waals surface area (Å²) >= 11 is 0. The first-order valence-electron chi connectivity index (χ1n) is 7.83. The Morgan fingerprint density at radius 2 is 2.05 bits per heavy atom. The van der Waals surface area contributed by atoms with Gasteiger partial charge < -0.3 is 19.9 Å². The number of aliphatic hydroxyl groups excluding tert-OH is 1. The van der Waals surface area contributed by atoms with Crippen molar-refractivity contribution < 1.29 is 19.4 Å². The van der Waals surface area contributed by atoms with Gasteiger partial charge in [-0.2, -0.15) is 0 Å². The molecule has 3 atom stereocenters. The van der Waals surface area contributed by atoms with Gasteiger partial charge in [-0.05, 0) is 26.2 Å². The molecule has 20 heavy (non-hydrogen) atoms. The zero-order valence-electron chi connectivity index (χ0n) is 12.5. The number of hydrogen-bond acceptors (Lipinski definition) is 4. The van der Waals surface area contributed by atoms with Crippen LogP contribution < -0.4 is 5.32 Å². The zero-order valence-corrected chi connectivity index (χ0v) is 12.5. The molecular formula is C15H27NO4. The fraction of sp³-hybridized carbons (Fsp3) is 0.933. The lowest BCUT2D eigenvalue weighted by Crippen LogP contribution is -2.43. The Kier molecular flexibility index (Phi) is 5.66. The van der Waals surface area contributed by atoms with Crippen molar-refractivity contribution >= 4 is 6.09 Å². The average molecular weight is 285 g/mol. The summed E-state index contributed by atoms with van der Waals surface area (Å²) in [7, 11) is 0. The Morgan fingerprint density at radius 3 is 2.70 bits per heavy atom. The highest BCUT2D eigenvalue weighted by molar-refractivity contribution is 5.70. The number of carbonyl (C=O) groups excluding carboxylic acids is 1. The van der Waals surface area contributed by atoms with Crippen LogP contribution in [0.3, 0.4) is 0 Å². The van der Waals surface area contributed by atoms with Crippen molar-refractivity contribution in [2.24, 2.45) is 5.92 Å². The summed E-state index contributed by atoms with van der Waals surface area (Å²) in [4.78, 5) is 11.5. The second kappa shape index (κ2) is 7.27. The number of carbonyl (C=O) groups is 1. The molecule has 2 rings (SSSR count). The molecule has 116 valence electrons. The van der Waals surface area contributed by atoms with Crippen LogP contribution in [0.25, 0.3) is 0 Å². The number of aliphatic hydroxyl groups is 1. The van der Waals surface area contributed by atoms with Gasteiger partial charge in [0.05, 0.1) is 18.8 Å². The Labute approximate surface area is 121 Å². The van der Waals surface area contributed by atoms with Crippen molar-refractivity contribution in [1.29, 1.82) is 0 Å². The van der Waals surface area contributed by atoms with E-state index in [1.165, 1.54) is 32.1 Å². The van der Waals surface area contributed by atoms with Gasteiger partial charge in [0.25, 0.3) is 0 Å². The average Bonchev–Trinajstić information content (AvgIpc) is 2.78. The van der Waals surface area contributed by atoms with Gasteiger partial charge >= 0.3 is 6.09 Å². The highest BCUT2D eigenvalue weighted by Crippen LogP contribution is 2.30. The van der Waals surface area contributed by atoms with Gasteiger partial charge in [0.2, 0.25) is 0 Å². The molecule has 0 bridgehead atoms. The predicted octanol–water partition coefficient (Wildman–Crippen LogP) is 2.22. The van der Waals surface area contributed by atoms with E-state index in [0.717, 1.165) is 6.42 Å². The minimum atomic E-state index is -0.759. The van der Waals surface area contributed by atoms with E-state index in [9.17, 15) is 9.90 Å². The van der Waals surface area contributed by atoms with Crippen LogP contribution in [-0.4, -0.2) is 42.2 Å². The molecule has 1 aliphatic heterocycles. The fourth-order valence-electron chi connectivity index (χ4n) is 3.18. The minimum Gasteiger partial charge on any atom is -0.441 e. The van der Waals surface area contributed by atoms with Crippen LogP contribution in [-0.2, 0) is 9.47 Å². The highest BCUT2D eigenvalue weighted by atomic mass is 16.6. The van der Waals surface area contributed by atoms with E-state index in [2.05, 4.69) is 5.32 Å². The summed E-state index contributed by atoms with van der Waals surface area (Å²) < 4.78 is 10.7. The number of hydrogen-bond donors (Lipinski definition) is 2. The van der Waals surface area contributed by atoms with Gasteiger partial charge in [0.1, 0.15) is 6.10 Å². The second-order valence-corrected chi connectivity index (χ2v) is 6.31. The molecule has 1 heterocycles. The van der Waals surface area contributed by atoms with Crippen molar-refractivity contribution in [3.05, 3.63) is 0 Å². The highest BCUT2D eigenvalue weighted by Gasteiger charge is 2.40. The minimum absolute atomic E-state index is 0.0616. The van der Waals surface area contributed by atoms with E-state index in [4.69, 9.17) is 9.47 Å². The number of ether oxygens (including phenoxy) is 2. The van der Waals surface area contributed by atoms with Crippen molar-refractivity contribution in [3.8, 4) is 0 Å². The maximum atomic E-state index is 11.5. The first kappa shape index (κ1) is 15.6. The summed E-state index contributed by atoms with van der Waals surface area (Å²) in [5, 5.41) is 13.0. The number of cyclic esters (lactones) is 1. The summed E-state index contributed by atoms with van der Waals surface area (Å²) in [6.45, 7) is 4.05. The van der Waals surface area contributed by atoms with E-state index in [-0.39, 0.29) is 18.8 Å². The molecule has 0 radical (unpaired) electrons. The summed E-state index contributed by atoms with van der Waals surface area (Å²) in [5.41, 5.74) is 0. The lowest BCUT2D eigenvalue weighted by Gasteiger charge is -2.28. The van der Waals surface area contributed by atoms with Gasteiger partial charge in [-0.3, -0.25) is 0 Å². The molecule has 1 saturated carbocycles. The quantitative estimate of drug-likeness (QED) is 0.785. The molecule has 5 nitrogen and oxygen atoms in total. The maximum Gasteiger partial charge on any atom is 0.407 e. The fourth-order valence-corrected chi connectivity index (χ4v) is 3.18. The van der Waals surface area contributed by atoms with Gasteiger partial charge in [0, 0.05) is 0 Å². The molecule has 2 aliphatic rings. The Hall–Kier alpha value is -0.810. The zero-order chi connectivity index (χ0) is 14.5. The third-order valence-corrected chi connectivity index (χ3v) is 4.23. The van der Waals surface area contributed by atoms with Gasteiger partial charge in [-0.1, -0.05) is 32.1 Å². The Balaban J connectivity index is 1.86. The van der Waals surface area contributed by atoms with Crippen molar-refractivity contribution in [1.82, 2.24) is 5.32 Å². The normalized spacial score (nSPS) is 29.3. The maximum absolute atomic E-state index is 11.5. The number of rotatable bonds is 6. The summed E-state index contributed by atoms with van der Waals surface area (Å²) in [6.07, 6.45) is 5.60. The predicted molar refractivity (Wildman–Crippen MR) is 75.5 cm³/mol. The van der Waals surface area contributed by atoms with Gasteiger partial charge in [-0.15, -0.1) is 0 Å². The number of nitrogens with one attached hydrogen (secondary N) is 1. The second-order valence-electron chi connectivity index (χ2n) is 6.31. The molecule has 0 unspecified atom stereocenters. The van der Waals surface area contributed by atoms with Crippen LogP contribution in [0.1, 0.15) is 52.4 Å². The first-order valence-corrected chi connectivity index (χ1v) is 7.83. The van der Waals surface area contributed by atoms with Crippen LogP contribution in [0.2, 0.25) is 0 Å². The van der Waals surface area contributed by atoms with E-state index in [1.54, 1.807) is 0 Å². The van der Waals surface area contributed by atoms with E-state index in [1.807, 2.05) is 13.8 Å². The van der Waals surface area contributed by atoms with E-state index in [0.29, 0.717) is 5.92 Å². The van der Waals surface area contributed by atoms with Gasteiger partial charge in [0.15, 0.2) is 6.10 Å². The molecule has 2 N–H and O–H groups in total. The smallest absolute Gasteiger partial charge is 0.407 e. The topological polar surface area (TPSA) is 67.8 Å². The molecule has 0 aromatic heterocycles. The summed E-state index contributed by atoms with van der Waals surface area (Å²) in [6, 6.07) is -0.0867. The van der Waals surface area contributed by atoms with Crippen LogP contribution in [0.15, 0.2) is 0 Å². The SMILES string of the molecule is CC(C)OC[C@@H](O)[C@@H]1OC(=O)N[C@H]1CC1CCCCC1. The van der Waals surface area contributed by atoms with Crippen LogP contribution in [0, 0.1) is 5.92 Å². The van der Waals surface area contributed by atoms with Crippen molar-refractivity contribution in [2.75, 3.05) is 6.61 Å². The van der Waals surface area contributed by atoms with Crippen molar-refractivity contribution in [3.63, 3.8) is 0 Å². The molecule has 1 saturated heterocycles. The third kappa shape index (κ3) is 4.35. The third-order valence-electron chi connectivity index (χ3n) is 4.23. The molecular weight excluding hydrogens is 258 g/mol. The monoisotopic (exact) mass is 285 g/mol.